The molecule has 11 nitrogen and oxygen atoms in total. The lowest BCUT2D eigenvalue weighted by Gasteiger charge is -2.21. The Morgan fingerprint density at radius 3 is 1.15 bits per heavy atom. The molecule has 0 rings (SSSR count). The molecule has 0 aliphatic carbocycles. The number of phosphoric ester groups is 1. The zero-order chi connectivity index (χ0) is 49.9. The van der Waals surface area contributed by atoms with E-state index in [0.717, 1.165) is 64.2 Å². The van der Waals surface area contributed by atoms with Crippen molar-refractivity contribution in [1.29, 1.82) is 0 Å². The molecule has 0 saturated carbocycles. The van der Waals surface area contributed by atoms with Gasteiger partial charge in [0.1, 0.15) is 12.7 Å². The van der Waals surface area contributed by atoms with Crippen molar-refractivity contribution in [3.8, 4) is 0 Å². The summed E-state index contributed by atoms with van der Waals surface area (Å²) in [4.78, 5) is 48.3. The zero-order valence-corrected chi connectivity index (χ0v) is 44.5. The summed E-state index contributed by atoms with van der Waals surface area (Å²) in [5, 5.41) is 9.77. The number of rotatable bonds is 51. The summed E-state index contributed by atoms with van der Waals surface area (Å²) in [6, 6.07) is 0. The molecule has 0 aromatic carbocycles. The highest BCUT2D eigenvalue weighted by molar-refractivity contribution is 7.47. The molecule has 0 radical (unpaired) electrons. The van der Waals surface area contributed by atoms with Gasteiger partial charge in [-0.2, -0.15) is 0 Å². The lowest BCUT2D eigenvalue weighted by molar-refractivity contribution is -0.161. The van der Waals surface area contributed by atoms with Gasteiger partial charge in [0, 0.05) is 19.3 Å². The third kappa shape index (κ3) is 48.5. The summed E-state index contributed by atoms with van der Waals surface area (Å²) < 4.78 is 39.3. The minimum atomic E-state index is -4.75. The van der Waals surface area contributed by atoms with Crippen LogP contribution in [0.25, 0.3) is 0 Å². The van der Waals surface area contributed by atoms with Crippen molar-refractivity contribution in [3.63, 3.8) is 0 Å². The standard InChI is InChI=1S/C56H101O11P/c1-4-7-10-13-16-19-22-24-25-26-27-29-32-35-38-41-44-47-56(60)67-53(49-63-54(58)45-42-39-36-33-31-28-23-20-17-14-11-8-5-2)51-65-68(61,62)64-50-52(48-57)66-55(59)46-43-40-37-34-30-21-18-15-12-9-6-3/h8,11,17,20,28,31,36,39,52-53,57H,4-7,9-10,12-16,18-19,21-27,29-30,32-35,37-38,40-51H2,1-3H3,(H,61,62)/b11-8-,20-17-,31-28-,39-36-. The SMILES string of the molecule is CC/C=C\C/C=C\C/C=C\C/C=C\CCC(=O)OCC(COP(=O)(O)OCC(CO)OC(=O)CCCCCCCCCCCCC)OC(=O)CCCCCCCCCCCCCCCCCCC. The number of hydrogen-bond donors (Lipinski definition) is 2. The molecule has 0 spiro atoms. The molecule has 0 fully saturated rings. The van der Waals surface area contributed by atoms with Gasteiger partial charge in [-0.1, -0.05) is 236 Å². The first-order valence-corrected chi connectivity index (χ1v) is 29.0. The average Bonchev–Trinajstić information content (AvgIpc) is 3.32. The van der Waals surface area contributed by atoms with Gasteiger partial charge in [0.15, 0.2) is 6.10 Å². The number of aliphatic hydroxyl groups is 1. The Kier molecular flexibility index (Phi) is 48.9. The Bertz CT molecular complexity index is 1330. The van der Waals surface area contributed by atoms with E-state index in [9.17, 15) is 28.9 Å². The maximum absolute atomic E-state index is 12.9. The van der Waals surface area contributed by atoms with Crippen molar-refractivity contribution in [2.75, 3.05) is 26.4 Å². The zero-order valence-electron chi connectivity index (χ0n) is 43.6. The smallest absolute Gasteiger partial charge is 0.462 e. The lowest BCUT2D eigenvalue weighted by atomic mass is 10.0. The van der Waals surface area contributed by atoms with E-state index in [2.05, 4.69) is 57.2 Å². The molecule has 0 bridgehead atoms. The molecule has 68 heavy (non-hydrogen) atoms. The quantitative estimate of drug-likeness (QED) is 0.0197. The third-order valence-corrected chi connectivity index (χ3v) is 12.7. The molecule has 0 aromatic heterocycles. The summed E-state index contributed by atoms with van der Waals surface area (Å²) in [6.45, 7) is 4.46. The molecular weight excluding hydrogens is 880 g/mol. The summed E-state index contributed by atoms with van der Waals surface area (Å²) >= 11 is 0. The van der Waals surface area contributed by atoms with Crippen LogP contribution in [0.5, 0.6) is 0 Å². The second-order valence-electron chi connectivity index (χ2n) is 18.4. The van der Waals surface area contributed by atoms with E-state index in [1.54, 1.807) is 0 Å². The van der Waals surface area contributed by atoms with E-state index in [1.165, 1.54) is 128 Å². The highest BCUT2D eigenvalue weighted by atomic mass is 31.2. The number of phosphoric acid groups is 1. The molecule has 3 unspecified atom stereocenters. The van der Waals surface area contributed by atoms with Crippen LogP contribution in [-0.2, 0) is 42.2 Å². The Labute approximate surface area is 415 Å². The van der Waals surface area contributed by atoms with Crippen LogP contribution in [0.1, 0.15) is 252 Å². The monoisotopic (exact) mass is 981 g/mol. The van der Waals surface area contributed by atoms with E-state index in [0.29, 0.717) is 19.3 Å². The predicted molar refractivity (Wildman–Crippen MR) is 279 cm³/mol. The van der Waals surface area contributed by atoms with Crippen LogP contribution in [-0.4, -0.2) is 66.5 Å². The van der Waals surface area contributed by atoms with Gasteiger partial charge in [-0.15, -0.1) is 0 Å². The summed E-state index contributed by atoms with van der Waals surface area (Å²) in [5.74, 6) is -1.55. The molecule has 0 aliphatic rings. The normalized spacial score (nSPS) is 13.8. The van der Waals surface area contributed by atoms with Gasteiger partial charge in [0.2, 0.25) is 0 Å². The first-order valence-electron chi connectivity index (χ1n) is 27.5. The van der Waals surface area contributed by atoms with Crippen molar-refractivity contribution in [2.45, 2.75) is 264 Å². The Morgan fingerprint density at radius 1 is 0.426 bits per heavy atom. The topological polar surface area (TPSA) is 155 Å². The summed E-state index contributed by atoms with van der Waals surface area (Å²) in [6.07, 6.45) is 52.4. The highest BCUT2D eigenvalue weighted by Crippen LogP contribution is 2.43. The molecular formula is C56H101O11P. The van der Waals surface area contributed by atoms with E-state index >= 15 is 0 Å². The molecule has 0 amide bonds. The van der Waals surface area contributed by atoms with Crippen LogP contribution < -0.4 is 0 Å². The number of ether oxygens (including phenoxy) is 3. The van der Waals surface area contributed by atoms with Crippen LogP contribution >= 0.6 is 7.82 Å². The molecule has 2 N–H and O–H groups in total. The Morgan fingerprint density at radius 2 is 0.765 bits per heavy atom. The minimum Gasteiger partial charge on any atom is -0.462 e. The van der Waals surface area contributed by atoms with Crippen molar-refractivity contribution < 1.29 is 52.2 Å². The highest BCUT2D eigenvalue weighted by Gasteiger charge is 2.28. The maximum atomic E-state index is 12.9. The second-order valence-corrected chi connectivity index (χ2v) is 19.8. The van der Waals surface area contributed by atoms with Gasteiger partial charge in [0.25, 0.3) is 0 Å². The lowest BCUT2D eigenvalue weighted by Crippen LogP contribution is -2.30. The van der Waals surface area contributed by atoms with E-state index in [4.69, 9.17) is 23.3 Å². The number of carbonyl (C=O) groups is 3. The van der Waals surface area contributed by atoms with E-state index in [-0.39, 0.29) is 25.9 Å². The van der Waals surface area contributed by atoms with Crippen molar-refractivity contribution in [3.05, 3.63) is 48.6 Å². The molecule has 0 heterocycles. The largest absolute Gasteiger partial charge is 0.472 e. The molecule has 0 aliphatic heterocycles. The molecule has 3 atom stereocenters. The number of aliphatic hydroxyl groups excluding tert-OH is 1. The fourth-order valence-corrected chi connectivity index (χ4v) is 8.39. The average molecular weight is 981 g/mol. The van der Waals surface area contributed by atoms with Crippen LogP contribution in [0.2, 0.25) is 0 Å². The van der Waals surface area contributed by atoms with E-state index in [1.807, 2.05) is 12.2 Å². The van der Waals surface area contributed by atoms with Crippen molar-refractivity contribution >= 4 is 25.7 Å². The maximum Gasteiger partial charge on any atom is 0.472 e. The number of hydrogen-bond acceptors (Lipinski definition) is 10. The van der Waals surface area contributed by atoms with Crippen LogP contribution in [0.15, 0.2) is 48.6 Å². The summed E-state index contributed by atoms with van der Waals surface area (Å²) in [7, 11) is -4.75. The van der Waals surface area contributed by atoms with E-state index < -0.39 is 57.8 Å². The summed E-state index contributed by atoms with van der Waals surface area (Å²) in [5.41, 5.74) is 0. The Hall–Kier alpha value is -2.56. The fraction of sp³-hybridized carbons (Fsp3) is 0.804. The van der Waals surface area contributed by atoms with Gasteiger partial charge >= 0.3 is 25.7 Å². The van der Waals surface area contributed by atoms with Gasteiger partial charge < -0.3 is 24.2 Å². The fourth-order valence-electron chi connectivity index (χ4n) is 7.61. The molecule has 0 aromatic rings. The van der Waals surface area contributed by atoms with Crippen molar-refractivity contribution in [2.24, 2.45) is 0 Å². The third-order valence-electron chi connectivity index (χ3n) is 11.8. The number of allylic oxidation sites excluding steroid dienone is 8. The first-order chi connectivity index (χ1) is 33.2. The molecule has 12 heteroatoms. The van der Waals surface area contributed by atoms with Crippen LogP contribution in [0.4, 0.5) is 0 Å². The molecule has 0 saturated heterocycles. The van der Waals surface area contributed by atoms with Gasteiger partial charge in [-0.25, -0.2) is 4.57 Å². The first kappa shape index (κ1) is 65.4. The minimum absolute atomic E-state index is 0.108. The van der Waals surface area contributed by atoms with Crippen molar-refractivity contribution in [1.82, 2.24) is 0 Å². The molecule has 396 valence electrons. The van der Waals surface area contributed by atoms with Crippen LogP contribution in [0.3, 0.4) is 0 Å². The van der Waals surface area contributed by atoms with Gasteiger partial charge in [0.05, 0.1) is 19.8 Å². The van der Waals surface area contributed by atoms with Crippen LogP contribution in [0, 0.1) is 0 Å². The Balaban J connectivity index is 4.77. The van der Waals surface area contributed by atoms with Gasteiger partial charge in [-0.3, -0.25) is 23.4 Å². The predicted octanol–water partition coefficient (Wildman–Crippen LogP) is 15.8. The number of esters is 3. The number of unbranched alkanes of at least 4 members (excludes halogenated alkanes) is 26. The second kappa shape index (κ2) is 50.8. The number of carbonyl (C=O) groups excluding carboxylic acids is 3. The van der Waals surface area contributed by atoms with Gasteiger partial charge in [-0.05, 0) is 44.9 Å².